The van der Waals surface area contributed by atoms with Crippen LogP contribution in [0.5, 0.6) is 0 Å². The molecule has 0 fully saturated rings. The molecule has 0 aliphatic carbocycles. The molecule has 0 aliphatic rings. The van der Waals surface area contributed by atoms with E-state index >= 15 is 0 Å². The number of hydrogen-bond donors (Lipinski definition) is 0. The smallest absolute Gasteiger partial charge is 0.0106 e. The SMILES string of the molecule is CC(C)(C)c1ccsc1.Cn1ccc(C(C)(C)C)c1. The predicted octanol–water partition coefficient (Wildman–Crippen LogP) is 5.37. The fourth-order valence-corrected chi connectivity index (χ4v) is 2.52. The lowest BCUT2D eigenvalue weighted by atomic mass is 9.89. The Morgan fingerprint density at radius 1 is 0.895 bits per heavy atom. The molecule has 0 radical (unpaired) electrons. The Morgan fingerprint density at radius 2 is 1.47 bits per heavy atom. The van der Waals surface area contributed by atoms with Gasteiger partial charge in [0.1, 0.15) is 0 Å². The second kappa shape index (κ2) is 5.96. The van der Waals surface area contributed by atoms with Crippen LogP contribution < -0.4 is 0 Å². The van der Waals surface area contributed by atoms with E-state index in [2.05, 4.69) is 88.4 Å². The molecule has 2 aromatic rings. The highest BCUT2D eigenvalue weighted by Crippen LogP contribution is 2.23. The Bertz CT molecular complexity index is 478. The van der Waals surface area contributed by atoms with E-state index in [0.717, 1.165) is 0 Å². The maximum Gasteiger partial charge on any atom is 0.0106 e. The number of aryl methyl sites for hydroxylation is 1. The Hall–Kier alpha value is -1.02. The van der Waals surface area contributed by atoms with Crippen LogP contribution in [0.1, 0.15) is 52.7 Å². The van der Waals surface area contributed by atoms with Crippen LogP contribution in [0.15, 0.2) is 35.3 Å². The zero-order valence-corrected chi connectivity index (χ0v) is 14.1. The van der Waals surface area contributed by atoms with Gasteiger partial charge in [0.05, 0.1) is 0 Å². The molecule has 0 atom stereocenters. The molecule has 0 spiro atoms. The van der Waals surface area contributed by atoms with Crippen LogP contribution in [0.3, 0.4) is 0 Å². The van der Waals surface area contributed by atoms with Crippen LogP contribution in [0, 0.1) is 0 Å². The summed E-state index contributed by atoms with van der Waals surface area (Å²) in [7, 11) is 2.05. The lowest BCUT2D eigenvalue weighted by molar-refractivity contribution is 0.589. The van der Waals surface area contributed by atoms with Crippen LogP contribution >= 0.6 is 11.3 Å². The fourth-order valence-electron chi connectivity index (χ4n) is 1.64. The Labute approximate surface area is 122 Å². The van der Waals surface area contributed by atoms with Gasteiger partial charge in [-0.2, -0.15) is 11.3 Å². The van der Waals surface area contributed by atoms with E-state index in [-0.39, 0.29) is 0 Å². The zero-order chi connectivity index (χ0) is 14.7. The summed E-state index contributed by atoms with van der Waals surface area (Å²) in [6, 6.07) is 4.35. The molecule has 0 saturated carbocycles. The highest BCUT2D eigenvalue weighted by molar-refractivity contribution is 7.08. The van der Waals surface area contributed by atoms with E-state index in [1.807, 2.05) is 0 Å². The summed E-state index contributed by atoms with van der Waals surface area (Å²) in [6.45, 7) is 13.4. The van der Waals surface area contributed by atoms with Crippen LogP contribution in [-0.4, -0.2) is 4.57 Å². The van der Waals surface area contributed by atoms with Crippen molar-refractivity contribution in [3.8, 4) is 0 Å². The molecule has 106 valence electrons. The summed E-state index contributed by atoms with van der Waals surface area (Å²) < 4.78 is 2.08. The second-order valence-corrected chi connectivity index (χ2v) is 7.86. The maximum atomic E-state index is 2.23. The minimum atomic E-state index is 0.293. The zero-order valence-electron chi connectivity index (χ0n) is 13.3. The normalized spacial score (nSPS) is 11.9. The Kier molecular flexibility index (Phi) is 5.03. The highest BCUT2D eigenvalue weighted by atomic mass is 32.1. The van der Waals surface area contributed by atoms with Crippen molar-refractivity contribution in [2.24, 2.45) is 7.05 Å². The molecule has 19 heavy (non-hydrogen) atoms. The van der Waals surface area contributed by atoms with Crippen molar-refractivity contribution >= 4 is 11.3 Å². The van der Waals surface area contributed by atoms with Crippen molar-refractivity contribution in [1.29, 1.82) is 0 Å². The topological polar surface area (TPSA) is 4.93 Å². The first-order valence-corrected chi connectivity index (χ1v) is 7.70. The Balaban J connectivity index is 0.000000191. The molecule has 0 saturated heterocycles. The quantitative estimate of drug-likeness (QED) is 0.610. The van der Waals surface area contributed by atoms with Gasteiger partial charge in [0, 0.05) is 19.4 Å². The molecular formula is C17H27NS. The average molecular weight is 277 g/mol. The monoisotopic (exact) mass is 277 g/mol. The van der Waals surface area contributed by atoms with Crippen molar-refractivity contribution in [2.75, 3.05) is 0 Å². The summed E-state index contributed by atoms with van der Waals surface area (Å²) in [5.41, 5.74) is 3.46. The van der Waals surface area contributed by atoms with Crippen molar-refractivity contribution in [3.63, 3.8) is 0 Å². The molecule has 2 heterocycles. The first-order valence-electron chi connectivity index (χ1n) is 6.76. The van der Waals surface area contributed by atoms with Crippen LogP contribution in [-0.2, 0) is 17.9 Å². The summed E-state index contributed by atoms with van der Waals surface area (Å²) in [5.74, 6) is 0. The van der Waals surface area contributed by atoms with Gasteiger partial charge in [-0.3, -0.25) is 0 Å². The van der Waals surface area contributed by atoms with E-state index in [4.69, 9.17) is 0 Å². The first kappa shape index (κ1) is 16.0. The number of hydrogen-bond acceptors (Lipinski definition) is 1. The van der Waals surface area contributed by atoms with E-state index in [1.54, 1.807) is 11.3 Å². The van der Waals surface area contributed by atoms with Gasteiger partial charge in [0.25, 0.3) is 0 Å². The minimum Gasteiger partial charge on any atom is -0.357 e. The molecule has 2 aromatic heterocycles. The van der Waals surface area contributed by atoms with E-state index in [1.165, 1.54) is 11.1 Å². The van der Waals surface area contributed by atoms with Crippen LogP contribution in [0.25, 0.3) is 0 Å². The van der Waals surface area contributed by atoms with Crippen molar-refractivity contribution in [2.45, 2.75) is 52.4 Å². The van der Waals surface area contributed by atoms with Gasteiger partial charge < -0.3 is 4.57 Å². The highest BCUT2D eigenvalue weighted by Gasteiger charge is 2.13. The molecule has 0 unspecified atom stereocenters. The van der Waals surface area contributed by atoms with Gasteiger partial charge in [-0.05, 0) is 44.8 Å². The standard InChI is InChI=1S/C9H15N.C8H12S/c1-9(2,3)8-5-6-10(4)7-8;1-8(2,3)7-4-5-9-6-7/h5-7H,1-4H3;4-6H,1-3H3. The largest absolute Gasteiger partial charge is 0.357 e. The van der Waals surface area contributed by atoms with Gasteiger partial charge >= 0.3 is 0 Å². The molecule has 0 aromatic carbocycles. The third-order valence-corrected chi connectivity index (χ3v) is 3.77. The molecule has 2 heteroatoms. The Morgan fingerprint density at radius 3 is 1.68 bits per heavy atom. The molecule has 0 bridgehead atoms. The third kappa shape index (κ3) is 5.23. The molecule has 0 amide bonds. The van der Waals surface area contributed by atoms with Crippen LogP contribution in [0.2, 0.25) is 0 Å². The van der Waals surface area contributed by atoms with Gasteiger partial charge in [0.15, 0.2) is 0 Å². The summed E-state index contributed by atoms with van der Waals surface area (Å²) >= 11 is 1.77. The van der Waals surface area contributed by atoms with Crippen LogP contribution in [0.4, 0.5) is 0 Å². The van der Waals surface area contributed by atoms with Crippen molar-refractivity contribution < 1.29 is 0 Å². The van der Waals surface area contributed by atoms with Gasteiger partial charge in [0.2, 0.25) is 0 Å². The predicted molar refractivity (Wildman–Crippen MR) is 87.1 cm³/mol. The van der Waals surface area contributed by atoms with Gasteiger partial charge in [-0.15, -0.1) is 0 Å². The van der Waals surface area contributed by atoms with Gasteiger partial charge in [-0.25, -0.2) is 0 Å². The maximum absolute atomic E-state index is 2.23. The number of nitrogens with zero attached hydrogens (tertiary/aromatic N) is 1. The average Bonchev–Trinajstić information content (AvgIpc) is 2.84. The van der Waals surface area contributed by atoms with Crippen molar-refractivity contribution in [1.82, 2.24) is 4.57 Å². The molecule has 0 N–H and O–H groups in total. The first-order chi connectivity index (χ1) is 8.60. The second-order valence-electron chi connectivity index (χ2n) is 7.08. The molecular weight excluding hydrogens is 250 g/mol. The van der Waals surface area contributed by atoms with E-state index in [0.29, 0.717) is 10.8 Å². The summed E-state index contributed by atoms with van der Waals surface area (Å²) in [5, 5.41) is 4.33. The number of thiophene rings is 1. The van der Waals surface area contributed by atoms with Gasteiger partial charge in [-0.1, -0.05) is 41.5 Å². The molecule has 2 rings (SSSR count). The third-order valence-electron chi connectivity index (χ3n) is 3.09. The summed E-state index contributed by atoms with van der Waals surface area (Å²) in [4.78, 5) is 0. The minimum absolute atomic E-state index is 0.293. The fraction of sp³-hybridized carbons (Fsp3) is 0.529. The van der Waals surface area contributed by atoms with Crippen molar-refractivity contribution in [3.05, 3.63) is 46.4 Å². The lowest BCUT2D eigenvalue weighted by Gasteiger charge is -2.15. The molecule has 1 nitrogen and oxygen atoms in total. The van der Waals surface area contributed by atoms with E-state index in [9.17, 15) is 0 Å². The number of rotatable bonds is 0. The summed E-state index contributed by atoms with van der Waals surface area (Å²) in [6.07, 6.45) is 4.25. The molecule has 0 aliphatic heterocycles. The number of aromatic nitrogens is 1. The van der Waals surface area contributed by atoms with E-state index < -0.39 is 0 Å². The lowest BCUT2D eigenvalue weighted by Crippen LogP contribution is -2.09.